The zero-order chi connectivity index (χ0) is 16.7. The van der Waals surface area contributed by atoms with E-state index in [1.165, 1.54) is 12.8 Å². The second kappa shape index (κ2) is 9.03. The predicted molar refractivity (Wildman–Crippen MR) is 98.0 cm³/mol. The summed E-state index contributed by atoms with van der Waals surface area (Å²) in [6.45, 7) is 19.5. The average molecular weight is 463 g/mol. The van der Waals surface area contributed by atoms with Crippen molar-refractivity contribution in [1.29, 1.82) is 0 Å². The van der Waals surface area contributed by atoms with E-state index in [-0.39, 0.29) is 30.2 Å². The van der Waals surface area contributed by atoms with Crippen LogP contribution in [-0.2, 0) is 20.4 Å². The molecule has 134 valence electrons. The molecule has 2 aliphatic carbocycles. The van der Waals surface area contributed by atoms with Crippen LogP contribution in [0.5, 0.6) is 0 Å². The molecule has 2 rings (SSSR count). The fourth-order valence-electron chi connectivity index (χ4n) is 3.67. The molecule has 0 amide bonds. The van der Waals surface area contributed by atoms with Crippen molar-refractivity contribution in [2.75, 3.05) is 0 Å². The molecule has 24 heavy (non-hydrogen) atoms. The van der Waals surface area contributed by atoms with E-state index in [1.54, 1.807) is 11.1 Å². The molecule has 0 aromatic rings. The molecule has 0 nitrogen and oxygen atoms in total. The summed E-state index contributed by atoms with van der Waals surface area (Å²) in [7, 11) is 0. The molecule has 0 unspecified atom stereocenters. The summed E-state index contributed by atoms with van der Waals surface area (Å²) in [6.07, 6.45) is 12.2. The van der Waals surface area contributed by atoms with Crippen LogP contribution in [0.1, 0.15) is 54.4 Å². The van der Waals surface area contributed by atoms with Gasteiger partial charge in [-0.3, -0.25) is 0 Å². The minimum absolute atomic E-state index is 0. The second-order valence-corrected chi connectivity index (χ2v) is 26.0. The van der Waals surface area contributed by atoms with Crippen molar-refractivity contribution >= 4 is 5.43 Å². The van der Waals surface area contributed by atoms with E-state index in [0.717, 1.165) is 0 Å². The first kappa shape index (κ1) is 24.6. The van der Waals surface area contributed by atoms with Crippen molar-refractivity contribution in [3.8, 4) is 0 Å². The first-order valence-electron chi connectivity index (χ1n) is 8.52. The summed E-state index contributed by atoms with van der Waals surface area (Å²) in [5.74, 6) is 0. The minimum Gasteiger partial charge on any atom is -1.00 e. The van der Waals surface area contributed by atoms with E-state index in [2.05, 4.69) is 78.9 Å². The van der Waals surface area contributed by atoms with Crippen molar-refractivity contribution in [1.82, 2.24) is 0 Å². The molecule has 0 spiro atoms. The van der Waals surface area contributed by atoms with Crippen LogP contribution in [0.15, 0.2) is 42.0 Å². The Labute approximate surface area is 170 Å². The second-order valence-electron chi connectivity index (χ2n) is 8.87. The number of halogens is 2. The third kappa shape index (κ3) is 5.32. The van der Waals surface area contributed by atoms with Gasteiger partial charge in [-0.1, -0.05) is 0 Å². The fraction of sp³-hybridized carbons (Fsp3) is 0.600. The van der Waals surface area contributed by atoms with Gasteiger partial charge in [-0.05, 0) is 0 Å². The molecule has 0 aromatic heterocycles. The van der Waals surface area contributed by atoms with E-state index < -0.39 is 20.4 Å². The van der Waals surface area contributed by atoms with E-state index in [4.69, 9.17) is 0 Å². The SMILES string of the molecule is C[Si](C)=[Zr+2]([C]1=C(C(C)(C)C)C=CC1)[C]1=C(C(C)(C)C)C=CC1.[Cl-].[Cl-]. The first-order valence-corrected chi connectivity index (χ1v) is 17.2. The Kier molecular flexibility index (Phi) is 9.27. The van der Waals surface area contributed by atoms with Crippen LogP contribution in [0.25, 0.3) is 0 Å². The summed E-state index contributed by atoms with van der Waals surface area (Å²) in [6, 6.07) is 0. The maximum Gasteiger partial charge on any atom is -1.00 e. The maximum atomic E-state index is 2.58. The molecule has 0 radical (unpaired) electrons. The Balaban J connectivity index is 0.00000264. The van der Waals surface area contributed by atoms with E-state index in [0.29, 0.717) is 10.8 Å². The summed E-state index contributed by atoms with van der Waals surface area (Å²) in [5, 5.41) is 0. The molecular weight excluding hydrogens is 430 g/mol. The number of hydrogen-bond donors (Lipinski definition) is 0. The number of rotatable bonds is 2. The van der Waals surface area contributed by atoms with Gasteiger partial charge in [-0.2, -0.15) is 0 Å². The van der Waals surface area contributed by atoms with Gasteiger partial charge in [0.25, 0.3) is 0 Å². The van der Waals surface area contributed by atoms with Gasteiger partial charge >= 0.3 is 146 Å². The van der Waals surface area contributed by atoms with Crippen molar-refractivity contribution in [2.45, 2.75) is 67.5 Å². The zero-order valence-corrected chi connectivity index (χ0v) is 21.4. The van der Waals surface area contributed by atoms with Crippen molar-refractivity contribution in [2.24, 2.45) is 10.8 Å². The zero-order valence-electron chi connectivity index (χ0n) is 16.5. The van der Waals surface area contributed by atoms with Gasteiger partial charge in [-0.25, -0.2) is 0 Å². The van der Waals surface area contributed by atoms with E-state index >= 15 is 0 Å². The quantitative estimate of drug-likeness (QED) is 0.521. The Hall–Kier alpha value is 0.640. The molecule has 4 heteroatoms. The fourth-order valence-corrected chi connectivity index (χ4v) is 22.6. The van der Waals surface area contributed by atoms with Crippen LogP contribution in [-0.4, -0.2) is 5.43 Å². The molecule has 0 saturated heterocycles. The number of hydrogen-bond acceptors (Lipinski definition) is 0. The van der Waals surface area contributed by atoms with Crippen molar-refractivity contribution < 1.29 is 45.2 Å². The molecule has 2 aliphatic rings. The molecular formula is C20H32Cl2SiZr. The summed E-state index contributed by atoms with van der Waals surface area (Å²) >= 11 is -1.69. The maximum absolute atomic E-state index is 2.58. The van der Waals surface area contributed by atoms with Gasteiger partial charge < -0.3 is 24.8 Å². The van der Waals surface area contributed by atoms with Crippen molar-refractivity contribution in [3.63, 3.8) is 0 Å². The normalized spacial score (nSPS) is 16.8. The largest absolute Gasteiger partial charge is 1.00 e. The first-order chi connectivity index (χ1) is 10.0. The Bertz CT molecular complexity index is 582. The van der Waals surface area contributed by atoms with Gasteiger partial charge in [0.05, 0.1) is 0 Å². The van der Waals surface area contributed by atoms with Crippen LogP contribution in [0.2, 0.25) is 13.1 Å². The van der Waals surface area contributed by atoms with Gasteiger partial charge in [-0.15, -0.1) is 0 Å². The molecule has 0 fully saturated rings. The molecule has 0 saturated carbocycles. The Morgan fingerprint density at radius 2 is 1.08 bits per heavy atom. The van der Waals surface area contributed by atoms with Crippen LogP contribution in [0.4, 0.5) is 0 Å². The smallest absolute Gasteiger partial charge is 1.00 e. The molecule has 0 heterocycles. The standard InChI is InChI=1S/2C9H13.C2H6Si.2ClH.Zr/c2*1-9(2,3)8-6-4-5-7-8;1-3-2;;;/h2*4,6H,5H2,1-3H3;1-2H3;2*1H;/q;;;;;+2/p-2. The van der Waals surface area contributed by atoms with Gasteiger partial charge in [0.15, 0.2) is 0 Å². The molecule has 0 atom stereocenters. The van der Waals surface area contributed by atoms with Gasteiger partial charge in [0, 0.05) is 0 Å². The molecule has 0 aromatic carbocycles. The van der Waals surface area contributed by atoms with Crippen LogP contribution >= 0.6 is 0 Å². The van der Waals surface area contributed by atoms with Crippen LogP contribution in [0, 0.1) is 10.8 Å². The summed E-state index contributed by atoms with van der Waals surface area (Å²) < 4.78 is 3.82. The van der Waals surface area contributed by atoms with Gasteiger partial charge in [0.2, 0.25) is 0 Å². The van der Waals surface area contributed by atoms with E-state index in [1.807, 2.05) is 6.56 Å². The topological polar surface area (TPSA) is 0 Å². The molecule has 0 N–H and O–H groups in total. The van der Waals surface area contributed by atoms with Crippen LogP contribution in [0.3, 0.4) is 0 Å². The minimum atomic E-state index is -1.69. The Morgan fingerprint density at radius 3 is 1.33 bits per heavy atom. The van der Waals surface area contributed by atoms with E-state index in [9.17, 15) is 0 Å². The molecule has 0 bridgehead atoms. The third-order valence-electron chi connectivity index (χ3n) is 4.58. The Morgan fingerprint density at radius 1 is 0.750 bits per heavy atom. The van der Waals surface area contributed by atoms with Gasteiger partial charge in [0.1, 0.15) is 0 Å². The average Bonchev–Trinajstić information content (AvgIpc) is 2.95. The third-order valence-corrected chi connectivity index (χ3v) is 21.8. The summed E-state index contributed by atoms with van der Waals surface area (Å²) in [5.41, 5.74) is 3.75. The monoisotopic (exact) mass is 460 g/mol. The van der Waals surface area contributed by atoms with Crippen LogP contribution < -0.4 is 24.8 Å². The summed E-state index contributed by atoms with van der Waals surface area (Å²) in [4.78, 5) is 0. The molecule has 0 aliphatic heterocycles. The predicted octanol–water partition coefficient (Wildman–Crippen LogP) is 0.384. The number of allylic oxidation sites excluding steroid dienone is 8. The van der Waals surface area contributed by atoms with Crippen molar-refractivity contribution in [3.05, 3.63) is 42.0 Å².